The Labute approximate surface area is 156 Å². The van der Waals surface area contributed by atoms with Gasteiger partial charge in [0.1, 0.15) is 0 Å². The first-order chi connectivity index (χ1) is 12.7. The third-order valence-electron chi connectivity index (χ3n) is 6.48. The van der Waals surface area contributed by atoms with Crippen LogP contribution < -0.4 is 5.56 Å². The van der Waals surface area contributed by atoms with Crippen molar-refractivity contribution in [2.45, 2.75) is 32.2 Å². The van der Waals surface area contributed by atoms with Gasteiger partial charge in [-0.15, -0.1) is 11.3 Å². The summed E-state index contributed by atoms with van der Waals surface area (Å²) in [6, 6.07) is 1.63. The third kappa shape index (κ3) is 2.87. The fourth-order valence-electron chi connectivity index (χ4n) is 5.11. The van der Waals surface area contributed by atoms with E-state index in [1.54, 1.807) is 16.7 Å². The lowest BCUT2D eigenvalue weighted by Crippen LogP contribution is -2.50. The molecule has 5 rings (SSSR count). The van der Waals surface area contributed by atoms with E-state index in [4.69, 9.17) is 0 Å². The Hall–Kier alpha value is -1.73. The summed E-state index contributed by atoms with van der Waals surface area (Å²) >= 11 is 1.48. The minimum Gasteiger partial charge on any atom is -0.340 e. The molecule has 3 heterocycles. The minimum atomic E-state index is -0.0173. The summed E-state index contributed by atoms with van der Waals surface area (Å²) in [5.74, 6) is 2.16. The van der Waals surface area contributed by atoms with E-state index in [0.717, 1.165) is 49.2 Å². The molecule has 0 spiro atoms. The van der Waals surface area contributed by atoms with Crippen LogP contribution in [0.5, 0.6) is 0 Å². The molecule has 2 aliphatic carbocycles. The van der Waals surface area contributed by atoms with Crippen molar-refractivity contribution in [2.75, 3.05) is 26.2 Å². The lowest BCUT2D eigenvalue weighted by Gasteiger charge is -2.37. The molecule has 138 valence electrons. The second kappa shape index (κ2) is 6.46. The molecule has 3 unspecified atom stereocenters. The zero-order valence-electron chi connectivity index (χ0n) is 14.8. The number of hydrogen-bond acceptors (Lipinski definition) is 5. The van der Waals surface area contributed by atoms with E-state index in [-0.39, 0.29) is 5.56 Å². The number of amides is 1. The number of fused-ring (bicyclic) bond motifs is 3. The van der Waals surface area contributed by atoms with E-state index in [0.29, 0.717) is 24.3 Å². The van der Waals surface area contributed by atoms with Crippen molar-refractivity contribution in [3.63, 3.8) is 0 Å². The minimum absolute atomic E-state index is 0.0173. The standard InChI is InChI=1S/C19H24N4O2S/c24-17-11-15(20-19-23(17)7-8-26-19)12-21-3-5-22(6-4-21)18(25)16-10-13-1-2-14(16)9-13/h7-8,11,13-14,16H,1-6,9-10,12H2. The maximum atomic E-state index is 12.9. The Morgan fingerprint density at radius 1 is 1.19 bits per heavy atom. The van der Waals surface area contributed by atoms with Gasteiger partial charge in [0.25, 0.3) is 5.56 Å². The van der Waals surface area contributed by atoms with E-state index in [1.807, 2.05) is 5.38 Å². The van der Waals surface area contributed by atoms with Gasteiger partial charge >= 0.3 is 0 Å². The molecule has 3 aliphatic rings. The van der Waals surface area contributed by atoms with Crippen molar-refractivity contribution in [1.29, 1.82) is 0 Å². The van der Waals surface area contributed by atoms with Crippen LogP contribution >= 0.6 is 11.3 Å². The van der Waals surface area contributed by atoms with Crippen molar-refractivity contribution in [1.82, 2.24) is 19.2 Å². The van der Waals surface area contributed by atoms with Crippen molar-refractivity contribution in [2.24, 2.45) is 17.8 Å². The molecule has 2 aromatic rings. The summed E-state index contributed by atoms with van der Waals surface area (Å²) in [5.41, 5.74) is 0.807. The molecule has 2 saturated carbocycles. The highest BCUT2D eigenvalue weighted by Crippen LogP contribution is 2.48. The monoisotopic (exact) mass is 372 g/mol. The molecule has 1 amide bonds. The van der Waals surface area contributed by atoms with Crippen LogP contribution in [-0.2, 0) is 11.3 Å². The van der Waals surface area contributed by atoms with E-state index >= 15 is 0 Å². The van der Waals surface area contributed by atoms with E-state index < -0.39 is 0 Å². The normalized spacial score (nSPS) is 28.9. The Balaban J connectivity index is 1.20. The SMILES string of the molecule is O=C(C1CC2CCC1C2)N1CCN(Cc2cc(=O)n3ccsc3n2)CC1. The van der Waals surface area contributed by atoms with Crippen LogP contribution in [0.15, 0.2) is 22.4 Å². The number of aromatic nitrogens is 2. The smallest absolute Gasteiger partial charge is 0.258 e. The van der Waals surface area contributed by atoms with Crippen LogP contribution in [0, 0.1) is 17.8 Å². The first-order valence-electron chi connectivity index (χ1n) is 9.64. The van der Waals surface area contributed by atoms with Crippen LogP contribution in [0.3, 0.4) is 0 Å². The molecule has 7 heteroatoms. The van der Waals surface area contributed by atoms with Crippen LogP contribution in [0.4, 0.5) is 0 Å². The Kier molecular flexibility index (Phi) is 4.09. The highest BCUT2D eigenvalue weighted by atomic mass is 32.1. The van der Waals surface area contributed by atoms with Crippen molar-refractivity contribution < 1.29 is 4.79 Å². The zero-order chi connectivity index (χ0) is 17.7. The van der Waals surface area contributed by atoms with Gasteiger partial charge in [0.05, 0.1) is 5.69 Å². The number of carbonyl (C=O) groups is 1. The first-order valence-corrected chi connectivity index (χ1v) is 10.5. The van der Waals surface area contributed by atoms with E-state index in [2.05, 4.69) is 14.8 Å². The Bertz CT molecular complexity index is 883. The van der Waals surface area contributed by atoms with Gasteiger partial charge in [-0.05, 0) is 31.1 Å². The molecule has 0 N–H and O–H groups in total. The quantitative estimate of drug-likeness (QED) is 0.825. The predicted molar refractivity (Wildman–Crippen MR) is 100 cm³/mol. The zero-order valence-corrected chi connectivity index (χ0v) is 15.7. The topological polar surface area (TPSA) is 57.9 Å². The lowest BCUT2D eigenvalue weighted by atomic mass is 9.87. The first kappa shape index (κ1) is 16.4. The van der Waals surface area contributed by atoms with E-state index in [1.165, 1.54) is 30.6 Å². The molecule has 1 saturated heterocycles. The summed E-state index contributed by atoms with van der Waals surface area (Å²) in [4.78, 5) is 34.7. The molecule has 6 nitrogen and oxygen atoms in total. The molecule has 2 bridgehead atoms. The van der Waals surface area contributed by atoms with Crippen molar-refractivity contribution in [3.8, 4) is 0 Å². The predicted octanol–water partition coefficient (Wildman–Crippen LogP) is 1.84. The third-order valence-corrected chi connectivity index (χ3v) is 7.24. The molecular weight excluding hydrogens is 348 g/mol. The summed E-state index contributed by atoms with van der Waals surface area (Å²) in [5, 5.41) is 1.88. The summed E-state index contributed by atoms with van der Waals surface area (Å²) in [6.07, 6.45) is 6.76. The fourth-order valence-corrected chi connectivity index (χ4v) is 5.84. The maximum absolute atomic E-state index is 12.9. The van der Waals surface area contributed by atoms with Crippen LogP contribution in [-0.4, -0.2) is 51.3 Å². The van der Waals surface area contributed by atoms with Gasteiger partial charge in [0.2, 0.25) is 5.91 Å². The number of piperazine rings is 1. The summed E-state index contributed by atoms with van der Waals surface area (Å²) in [7, 11) is 0. The molecule has 3 fully saturated rings. The summed E-state index contributed by atoms with van der Waals surface area (Å²) < 4.78 is 1.58. The van der Waals surface area contributed by atoms with Gasteiger partial charge in [-0.3, -0.25) is 18.9 Å². The number of nitrogens with zero attached hydrogens (tertiary/aromatic N) is 4. The van der Waals surface area contributed by atoms with Crippen molar-refractivity contribution in [3.05, 3.63) is 33.7 Å². The highest BCUT2D eigenvalue weighted by molar-refractivity contribution is 7.15. The van der Waals surface area contributed by atoms with Gasteiger partial charge in [0.15, 0.2) is 4.96 Å². The Morgan fingerprint density at radius 2 is 2.04 bits per heavy atom. The van der Waals surface area contributed by atoms with Gasteiger partial charge in [0, 0.05) is 56.3 Å². The largest absolute Gasteiger partial charge is 0.340 e. The second-order valence-electron chi connectivity index (χ2n) is 8.02. The van der Waals surface area contributed by atoms with E-state index in [9.17, 15) is 9.59 Å². The van der Waals surface area contributed by atoms with Crippen LogP contribution in [0.1, 0.15) is 31.4 Å². The highest BCUT2D eigenvalue weighted by Gasteiger charge is 2.44. The number of thiazole rings is 1. The molecule has 26 heavy (non-hydrogen) atoms. The van der Waals surface area contributed by atoms with Gasteiger partial charge in [-0.2, -0.15) is 0 Å². The molecule has 0 aromatic carbocycles. The molecule has 1 aliphatic heterocycles. The van der Waals surface area contributed by atoms with Crippen LogP contribution in [0.2, 0.25) is 0 Å². The lowest BCUT2D eigenvalue weighted by molar-refractivity contribution is -0.139. The number of carbonyl (C=O) groups excluding carboxylic acids is 1. The molecule has 3 atom stereocenters. The van der Waals surface area contributed by atoms with Gasteiger partial charge in [-0.1, -0.05) is 6.42 Å². The fraction of sp³-hybridized carbons (Fsp3) is 0.632. The Morgan fingerprint density at radius 3 is 2.77 bits per heavy atom. The van der Waals surface area contributed by atoms with Gasteiger partial charge < -0.3 is 4.90 Å². The summed E-state index contributed by atoms with van der Waals surface area (Å²) in [6.45, 7) is 4.00. The molecule has 2 aromatic heterocycles. The number of hydrogen-bond donors (Lipinski definition) is 0. The second-order valence-corrected chi connectivity index (χ2v) is 8.90. The number of rotatable bonds is 3. The molecular formula is C19H24N4O2S. The maximum Gasteiger partial charge on any atom is 0.258 e. The average molecular weight is 372 g/mol. The van der Waals surface area contributed by atoms with Gasteiger partial charge in [-0.25, -0.2) is 4.98 Å². The van der Waals surface area contributed by atoms with Crippen molar-refractivity contribution >= 4 is 22.2 Å². The molecule has 0 radical (unpaired) electrons. The van der Waals surface area contributed by atoms with Crippen LogP contribution in [0.25, 0.3) is 4.96 Å². The average Bonchev–Trinajstić information content (AvgIpc) is 3.38.